The summed E-state index contributed by atoms with van der Waals surface area (Å²) in [4.78, 5) is 23.2. The number of ether oxygens (including phenoxy) is 3. The van der Waals surface area contributed by atoms with Gasteiger partial charge in [0, 0.05) is 17.4 Å². The Hall–Kier alpha value is -1.95. The van der Waals surface area contributed by atoms with E-state index in [4.69, 9.17) is 14.2 Å². The van der Waals surface area contributed by atoms with Gasteiger partial charge in [0.25, 0.3) is 0 Å². The SMILES string of the molecule is C=CCOC(=O)O[C@@H]1CS[C@@H](COC(=O)c2ccccc2)C1. The Morgan fingerprint density at radius 1 is 1.27 bits per heavy atom. The number of carbonyl (C=O) groups excluding carboxylic acids is 2. The van der Waals surface area contributed by atoms with Crippen molar-refractivity contribution in [2.75, 3.05) is 19.0 Å². The maximum atomic E-state index is 11.8. The molecule has 1 saturated heterocycles. The molecule has 2 rings (SSSR count). The van der Waals surface area contributed by atoms with Crippen LogP contribution in [0.5, 0.6) is 0 Å². The highest BCUT2D eigenvalue weighted by atomic mass is 32.2. The van der Waals surface area contributed by atoms with Crippen molar-refractivity contribution in [2.45, 2.75) is 17.8 Å². The van der Waals surface area contributed by atoms with Crippen molar-refractivity contribution in [3.8, 4) is 0 Å². The molecule has 0 aliphatic carbocycles. The van der Waals surface area contributed by atoms with Gasteiger partial charge in [0.15, 0.2) is 0 Å². The molecule has 0 amide bonds. The van der Waals surface area contributed by atoms with Crippen molar-refractivity contribution >= 4 is 23.9 Å². The van der Waals surface area contributed by atoms with Crippen LogP contribution in [0.2, 0.25) is 0 Å². The minimum Gasteiger partial charge on any atom is -0.461 e. The van der Waals surface area contributed by atoms with Crippen LogP contribution in [-0.2, 0) is 14.2 Å². The van der Waals surface area contributed by atoms with Crippen LogP contribution >= 0.6 is 11.8 Å². The summed E-state index contributed by atoms with van der Waals surface area (Å²) in [6.07, 6.45) is 1.24. The molecule has 1 fully saturated rings. The van der Waals surface area contributed by atoms with Crippen LogP contribution in [0.1, 0.15) is 16.8 Å². The molecule has 1 heterocycles. The number of esters is 1. The standard InChI is InChI=1S/C16H18O5S/c1-2-8-19-16(18)21-13-9-14(22-11-13)10-20-15(17)12-6-4-3-5-7-12/h2-7,13-14H,1,8-11H2/t13-,14+/m0/s1. The maximum Gasteiger partial charge on any atom is 0.508 e. The molecule has 0 spiro atoms. The molecule has 0 unspecified atom stereocenters. The zero-order chi connectivity index (χ0) is 15.8. The van der Waals surface area contributed by atoms with Crippen LogP contribution in [0.15, 0.2) is 43.0 Å². The molecule has 0 bridgehead atoms. The Morgan fingerprint density at radius 3 is 2.77 bits per heavy atom. The molecule has 1 aliphatic heterocycles. The van der Waals surface area contributed by atoms with Crippen molar-refractivity contribution in [3.63, 3.8) is 0 Å². The molecule has 0 radical (unpaired) electrons. The zero-order valence-electron chi connectivity index (χ0n) is 12.1. The summed E-state index contributed by atoms with van der Waals surface area (Å²) in [6.45, 7) is 3.90. The van der Waals surface area contributed by atoms with Crippen LogP contribution < -0.4 is 0 Å². The second kappa shape index (κ2) is 8.48. The van der Waals surface area contributed by atoms with Crippen molar-refractivity contribution in [2.24, 2.45) is 0 Å². The summed E-state index contributed by atoms with van der Waals surface area (Å²) in [5.74, 6) is 0.340. The molecule has 118 valence electrons. The van der Waals surface area contributed by atoms with Gasteiger partial charge >= 0.3 is 12.1 Å². The Labute approximate surface area is 133 Å². The van der Waals surface area contributed by atoms with Gasteiger partial charge in [-0.2, -0.15) is 11.8 Å². The molecule has 2 atom stereocenters. The van der Waals surface area contributed by atoms with Gasteiger partial charge < -0.3 is 14.2 Å². The van der Waals surface area contributed by atoms with Gasteiger partial charge in [0.2, 0.25) is 0 Å². The third-order valence-electron chi connectivity index (χ3n) is 3.04. The van der Waals surface area contributed by atoms with Gasteiger partial charge in [0.1, 0.15) is 19.3 Å². The summed E-state index contributed by atoms with van der Waals surface area (Å²) in [6, 6.07) is 8.85. The lowest BCUT2D eigenvalue weighted by Crippen LogP contribution is -2.21. The second-order valence-electron chi connectivity index (χ2n) is 4.75. The fraction of sp³-hybridized carbons (Fsp3) is 0.375. The van der Waals surface area contributed by atoms with Gasteiger partial charge in [-0.25, -0.2) is 9.59 Å². The molecule has 1 aromatic rings. The third-order valence-corrected chi connectivity index (χ3v) is 4.40. The molecule has 0 saturated carbocycles. The smallest absolute Gasteiger partial charge is 0.461 e. The predicted molar refractivity (Wildman–Crippen MR) is 84.0 cm³/mol. The minimum atomic E-state index is -0.688. The number of thioether (sulfide) groups is 1. The van der Waals surface area contributed by atoms with Crippen LogP contribution in [0.3, 0.4) is 0 Å². The molecule has 5 nitrogen and oxygen atoms in total. The van der Waals surface area contributed by atoms with Gasteiger partial charge in [-0.15, -0.1) is 0 Å². The topological polar surface area (TPSA) is 61.8 Å². The van der Waals surface area contributed by atoms with Gasteiger partial charge in [-0.3, -0.25) is 0 Å². The Balaban J connectivity index is 1.69. The normalized spacial score (nSPS) is 20.2. The van der Waals surface area contributed by atoms with Crippen molar-refractivity contribution in [1.29, 1.82) is 0 Å². The lowest BCUT2D eigenvalue weighted by atomic mass is 10.2. The highest BCUT2D eigenvalue weighted by molar-refractivity contribution is 8.00. The van der Waals surface area contributed by atoms with Crippen molar-refractivity contribution in [3.05, 3.63) is 48.6 Å². The Morgan fingerprint density at radius 2 is 2.05 bits per heavy atom. The Bertz CT molecular complexity index is 517. The summed E-state index contributed by atoms with van der Waals surface area (Å²) < 4.78 is 15.2. The van der Waals surface area contributed by atoms with E-state index in [0.717, 1.165) is 0 Å². The van der Waals surface area contributed by atoms with E-state index in [9.17, 15) is 9.59 Å². The highest BCUT2D eigenvalue weighted by Gasteiger charge is 2.29. The van der Waals surface area contributed by atoms with E-state index in [2.05, 4.69) is 6.58 Å². The first kappa shape index (κ1) is 16.4. The first-order chi connectivity index (χ1) is 10.7. The lowest BCUT2D eigenvalue weighted by Gasteiger charge is -2.12. The van der Waals surface area contributed by atoms with E-state index < -0.39 is 6.16 Å². The summed E-state index contributed by atoms with van der Waals surface area (Å²) in [5, 5.41) is 0.130. The van der Waals surface area contributed by atoms with Crippen molar-refractivity contribution in [1.82, 2.24) is 0 Å². The maximum absolute atomic E-state index is 11.8. The van der Waals surface area contributed by atoms with E-state index >= 15 is 0 Å². The number of benzene rings is 1. The molecular weight excluding hydrogens is 304 g/mol. The van der Waals surface area contributed by atoms with Crippen LogP contribution in [0.25, 0.3) is 0 Å². The van der Waals surface area contributed by atoms with Gasteiger partial charge in [-0.05, 0) is 12.1 Å². The van der Waals surface area contributed by atoms with Crippen molar-refractivity contribution < 1.29 is 23.8 Å². The number of carbonyl (C=O) groups is 2. The van der Waals surface area contributed by atoms with E-state index in [-0.39, 0.29) is 23.9 Å². The van der Waals surface area contributed by atoms with Gasteiger partial charge in [-0.1, -0.05) is 30.9 Å². The average molecular weight is 322 g/mol. The second-order valence-corrected chi connectivity index (χ2v) is 6.08. The number of hydrogen-bond acceptors (Lipinski definition) is 6. The molecule has 6 heteroatoms. The highest BCUT2D eigenvalue weighted by Crippen LogP contribution is 2.29. The molecule has 0 N–H and O–H groups in total. The van der Waals surface area contributed by atoms with Gasteiger partial charge in [0.05, 0.1) is 5.56 Å². The fourth-order valence-corrected chi connectivity index (χ4v) is 3.20. The van der Waals surface area contributed by atoms with Crippen LogP contribution in [0, 0.1) is 0 Å². The lowest BCUT2D eigenvalue weighted by molar-refractivity contribution is 0.0321. The predicted octanol–water partition coefficient (Wildman–Crippen LogP) is 3.06. The Kier molecular flexibility index (Phi) is 6.33. The number of rotatable bonds is 6. The fourth-order valence-electron chi connectivity index (χ4n) is 1.99. The first-order valence-corrected chi connectivity index (χ1v) is 8.02. The monoisotopic (exact) mass is 322 g/mol. The molecule has 1 aliphatic rings. The average Bonchev–Trinajstić information content (AvgIpc) is 2.99. The molecule has 1 aromatic carbocycles. The van der Waals surface area contributed by atoms with E-state index in [0.29, 0.717) is 24.3 Å². The van der Waals surface area contributed by atoms with Crippen LogP contribution in [0.4, 0.5) is 4.79 Å². The molecule has 22 heavy (non-hydrogen) atoms. The van der Waals surface area contributed by atoms with E-state index in [1.165, 1.54) is 6.08 Å². The van der Waals surface area contributed by atoms with E-state index in [1.54, 1.807) is 36.0 Å². The molecule has 0 aromatic heterocycles. The zero-order valence-corrected chi connectivity index (χ0v) is 12.9. The van der Waals surface area contributed by atoms with E-state index in [1.807, 2.05) is 6.07 Å². The summed E-state index contributed by atoms with van der Waals surface area (Å²) in [7, 11) is 0. The molecular formula is C16H18O5S. The first-order valence-electron chi connectivity index (χ1n) is 6.97. The summed E-state index contributed by atoms with van der Waals surface area (Å²) >= 11 is 1.62. The summed E-state index contributed by atoms with van der Waals surface area (Å²) in [5.41, 5.74) is 0.534. The minimum absolute atomic E-state index is 0.130. The quantitative estimate of drug-likeness (QED) is 0.592. The number of hydrogen-bond donors (Lipinski definition) is 0. The largest absolute Gasteiger partial charge is 0.508 e. The van der Waals surface area contributed by atoms with Crippen LogP contribution in [-0.4, -0.2) is 42.4 Å². The third kappa shape index (κ3) is 5.11.